The van der Waals surface area contributed by atoms with Crippen LogP contribution in [0.15, 0.2) is 90.0 Å². The van der Waals surface area contributed by atoms with Crippen molar-refractivity contribution in [2.45, 2.75) is 111 Å². The fourth-order valence-corrected chi connectivity index (χ4v) is 15.3. The summed E-state index contributed by atoms with van der Waals surface area (Å²) in [4.78, 5) is 51.5. The molecule has 5 atom stereocenters. The number of nitrogens with one attached hydrogen (secondary N) is 2. The third kappa shape index (κ3) is 11.1. The summed E-state index contributed by atoms with van der Waals surface area (Å²) in [5.41, 5.74) is 2.15. The van der Waals surface area contributed by atoms with E-state index < -0.39 is 60.4 Å². The number of aromatic nitrogens is 4. The Kier molecular flexibility index (Phi) is 14.1. The molecule has 5 heterocycles. The smallest absolute Gasteiger partial charge is 0.369 e. The Labute approximate surface area is 458 Å². The van der Waals surface area contributed by atoms with Crippen molar-refractivity contribution in [3.63, 3.8) is 0 Å². The molecule has 1 saturated heterocycles. The lowest BCUT2D eigenvalue weighted by Gasteiger charge is -2.35. The number of carbonyl (C=O) groups is 2. The van der Waals surface area contributed by atoms with Gasteiger partial charge in [-0.3, -0.25) is 14.6 Å². The first kappa shape index (κ1) is 53.4. The standard InChI is InChI=1S/C56H54F3N9O6S4/c1-77(71,72)38-17-11-34(12-18-38)48-46(39-5-2-3-6-41(39)50(69)66-54(31-60)21-22-54)64-52(75-48)36-14-20-43(62-30-36)35-13-19-40(42(29-35)51(70)67-55(32-61)23-24-55)47-49(76-53(65-47)44-7-4-8-45(63-44)56(57,58)59)33-9-15-37(16-10-33)68-25-27-78(73,74)28-26-68/h4,7-12,14-18,20,30,35,39-42H,2-3,5-6,13,19,21-29H2,1H3,(H,66,69)(H,67,70). The van der Waals surface area contributed by atoms with Crippen LogP contribution in [0.4, 0.5) is 18.9 Å². The summed E-state index contributed by atoms with van der Waals surface area (Å²) in [5, 5.41) is 26.9. The number of pyridine rings is 2. The minimum Gasteiger partial charge on any atom is -0.369 e. The summed E-state index contributed by atoms with van der Waals surface area (Å²) in [6, 6.07) is 26.3. The van der Waals surface area contributed by atoms with E-state index in [4.69, 9.17) is 15.0 Å². The molecule has 5 unspecified atom stereocenters. The molecule has 0 spiro atoms. The highest BCUT2D eigenvalue weighted by atomic mass is 32.2. The molecule has 5 aliphatic rings. The van der Waals surface area contributed by atoms with Gasteiger partial charge in [-0.25, -0.2) is 31.8 Å². The van der Waals surface area contributed by atoms with Crippen LogP contribution in [0, 0.1) is 34.5 Å². The normalized spacial score (nSPS) is 23.3. The second kappa shape index (κ2) is 20.6. The lowest BCUT2D eigenvalue weighted by Crippen LogP contribution is -2.43. The SMILES string of the molecule is CS(=O)(=O)c1ccc(-c2sc(-c3ccc(C4CCC(c5nc(-c6cccc(C(F)(F)F)n6)sc5-c5ccc(N6CCS(=O)(=O)CC6)cc5)C(C(=O)NC5(C#N)CC5)C4)nc3)nc2C2CCCCC2C(=O)NC2(C#N)CC2)cc1. The van der Waals surface area contributed by atoms with Gasteiger partial charge in [-0.05, 0) is 117 Å². The number of nitrogens with zero attached hydrogens (tertiary/aromatic N) is 7. The molecule has 2 amide bonds. The van der Waals surface area contributed by atoms with Crippen molar-refractivity contribution in [3.8, 4) is 54.3 Å². The molecule has 5 fully saturated rings. The minimum atomic E-state index is -4.70. The van der Waals surface area contributed by atoms with Gasteiger partial charge in [0.15, 0.2) is 19.7 Å². The molecule has 15 nitrogen and oxygen atoms in total. The molecule has 1 aliphatic heterocycles. The highest BCUT2D eigenvalue weighted by Gasteiger charge is 2.49. The second-order valence-corrected chi connectivity index (χ2v) is 27.7. The van der Waals surface area contributed by atoms with E-state index in [1.165, 1.54) is 34.8 Å². The highest BCUT2D eigenvalue weighted by Crippen LogP contribution is 2.51. The van der Waals surface area contributed by atoms with Crippen molar-refractivity contribution in [3.05, 3.63) is 108 Å². The van der Waals surface area contributed by atoms with Gasteiger partial charge >= 0.3 is 6.18 Å². The summed E-state index contributed by atoms with van der Waals surface area (Å²) in [5.74, 6) is -2.56. The molecule has 0 bridgehead atoms. The van der Waals surface area contributed by atoms with Crippen molar-refractivity contribution < 1.29 is 39.6 Å². The fraction of sp³-hybridized carbons (Fsp3) is 0.429. The number of nitriles is 2. The molecular weight excluding hydrogens is 1080 g/mol. The van der Waals surface area contributed by atoms with Crippen LogP contribution in [0.5, 0.6) is 0 Å². The van der Waals surface area contributed by atoms with Gasteiger partial charge in [-0.2, -0.15) is 23.7 Å². The van der Waals surface area contributed by atoms with Crippen LogP contribution in [-0.2, 0) is 35.4 Å². The molecule has 0 radical (unpaired) electrons. The summed E-state index contributed by atoms with van der Waals surface area (Å²) < 4.78 is 91.3. The molecule has 4 aliphatic carbocycles. The predicted molar refractivity (Wildman–Crippen MR) is 290 cm³/mol. The van der Waals surface area contributed by atoms with Crippen molar-refractivity contribution in [2.24, 2.45) is 11.8 Å². The second-order valence-electron chi connectivity index (χ2n) is 21.4. The van der Waals surface area contributed by atoms with Gasteiger partial charge in [0.2, 0.25) is 11.8 Å². The molecule has 4 aromatic heterocycles. The number of anilines is 1. The predicted octanol–water partition coefficient (Wildman–Crippen LogP) is 10.0. The molecule has 404 valence electrons. The molecule has 22 heteroatoms. The first-order chi connectivity index (χ1) is 37.2. The number of rotatable bonds is 13. The molecule has 78 heavy (non-hydrogen) atoms. The Morgan fingerprint density at radius 1 is 0.718 bits per heavy atom. The van der Waals surface area contributed by atoms with Crippen molar-refractivity contribution in [1.82, 2.24) is 30.6 Å². The van der Waals surface area contributed by atoms with E-state index in [2.05, 4.69) is 27.8 Å². The van der Waals surface area contributed by atoms with Crippen LogP contribution < -0.4 is 15.5 Å². The van der Waals surface area contributed by atoms with Crippen molar-refractivity contribution in [1.29, 1.82) is 10.5 Å². The summed E-state index contributed by atoms with van der Waals surface area (Å²) in [6.45, 7) is 0.681. The molecule has 6 aromatic rings. The topological polar surface area (TPSA) is 229 Å². The zero-order chi connectivity index (χ0) is 54.8. The van der Waals surface area contributed by atoms with Crippen LogP contribution in [0.3, 0.4) is 0 Å². The number of sulfone groups is 2. The van der Waals surface area contributed by atoms with E-state index in [0.29, 0.717) is 92.0 Å². The monoisotopic (exact) mass is 1130 g/mol. The van der Waals surface area contributed by atoms with Crippen molar-refractivity contribution in [2.75, 3.05) is 35.8 Å². The molecular formula is C56H54F3N9O6S4. The average Bonchev–Trinajstić information content (AvgIpc) is 4.41. The Balaban J connectivity index is 0.917. The summed E-state index contributed by atoms with van der Waals surface area (Å²) >= 11 is 2.62. The number of hydrogen-bond donors (Lipinski definition) is 2. The summed E-state index contributed by atoms with van der Waals surface area (Å²) in [6.07, 6.45) is 4.84. The largest absolute Gasteiger partial charge is 0.433 e. The van der Waals surface area contributed by atoms with Crippen molar-refractivity contribution >= 4 is 59.8 Å². The Morgan fingerprint density at radius 3 is 1.86 bits per heavy atom. The molecule has 2 N–H and O–H groups in total. The zero-order valence-corrected chi connectivity index (χ0v) is 45.7. The number of benzene rings is 2. The highest BCUT2D eigenvalue weighted by molar-refractivity contribution is 7.91. The first-order valence-electron chi connectivity index (χ1n) is 26.1. The molecule has 2 aromatic carbocycles. The number of halogens is 3. The number of amides is 2. The Hall–Kier alpha value is -6.59. The number of thiazole rings is 2. The van der Waals surface area contributed by atoms with E-state index in [-0.39, 0.29) is 50.8 Å². The lowest BCUT2D eigenvalue weighted by atomic mass is 9.70. The summed E-state index contributed by atoms with van der Waals surface area (Å²) in [7, 11) is -6.59. The van der Waals surface area contributed by atoms with Crippen LogP contribution in [0.1, 0.15) is 111 Å². The van der Waals surface area contributed by atoms with Gasteiger partial charge in [0.25, 0.3) is 0 Å². The lowest BCUT2D eigenvalue weighted by molar-refractivity contribution is -0.141. The molecule has 4 saturated carbocycles. The Morgan fingerprint density at radius 2 is 1.28 bits per heavy atom. The van der Waals surface area contributed by atoms with Gasteiger partial charge in [0.1, 0.15) is 26.8 Å². The Bertz CT molecular complexity index is 3610. The van der Waals surface area contributed by atoms with Crippen LogP contribution in [0.25, 0.3) is 42.2 Å². The van der Waals surface area contributed by atoms with Crippen LogP contribution >= 0.6 is 22.7 Å². The van der Waals surface area contributed by atoms with E-state index in [1.54, 1.807) is 30.5 Å². The number of carbonyl (C=O) groups excluding carboxylic acids is 2. The fourth-order valence-electron chi connectivity index (χ4n) is 11.2. The van der Waals surface area contributed by atoms with E-state index in [0.717, 1.165) is 58.2 Å². The third-order valence-electron chi connectivity index (χ3n) is 16.0. The molecule has 11 rings (SSSR count). The van der Waals surface area contributed by atoms with Gasteiger partial charge in [-0.1, -0.05) is 43.2 Å². The van der Waals surface area contributed by atoms with Gasteiger partial charge < -0.3 is 15.5 Å². The number of hydrogen-bond acceptors (Lipinski definition) is 15. The maximum absolute atomic E-state index is 14.7. The van der Waals surface area contributed by atoms with Crippen LogP contribution in [-0.4, -0.2) is 90.5 Å². The van der Waals surface area contributed by atoms with E-state index in [9.17, 15) is 50.1 Å². The first-order valence-corrected chi connectivity index (χ1v) is 31.4. The van der Waals surface area contributed by atoms with Crippen LogP contribution in [0.2, 0.25) is 0 Å². The maximum Gasteiger partial charge on any atom is 0.433 e. The van der Waals surface area contributed by atoms with Gasteiger partial charge in [0.05, 0.1) is 55.4 Å². The maximum atomic E-state index is 14.7. The average molecular weight is 1130 g/mol. The zero-order valence-electron chi connectivity index (χ0n) is 42.4. The quantitative estimate of drug-likeness (QED) is 0.110. The van der Waals surface area contributed by atoms with Gasteiger partial charge in [-0.15, -0.1) is 22.7 Å². The van der Waals surface area contributed by atoms with Gasteiger partial charge in [0, 0.05) is 72.1 Å². The van der Waals surface area contributed by atoms with E-state index >= 15 is 0 Å². The van der Waals surface area contributed by atoms with E-state index in [1.807, 2.05) is 41.3 Å². The number of alkyl halides is 3. The minimum absolute atomic E-state index is 0.0318. The third-order valence-corrected chi connectivity index (χ3v) is 21.1.